The third kappa shape index (κ3) is 3.73. The van der Waals surface area contributed by atoms with E-state index in [9.17, 15) is 9.59 Å². The van der Waals surface area contributed by atoms with E-state index >= 15 is 0 Å². The highest BCUT2D eigenvalue weighted by molar-refractivity contribution is 9.10. The van der Waals surface area contributed by atoms with Gasteiger partial charge in [0.25, 0.3) is 5.91 Å². The summed E-state index contributed by atoms with van der Waals surface area (Å²) in [6, 6.07) is 21.5. The fourth-order valence-corrected chi connectivity index (χ4v) is 4.47. The Morgan fingerprint density at radius 1 is 1.03 bits per heavy atom. The lowest BCUT2D eigenvalue weighted by atomic mass is 9.95. The molecule has 0 saturated heterocycles. The van der Waals surface area contributed by atoms with Crippen LogP contribution in [0.15, 0.2) is 77.3 Å². The summed E-state index contributed by atoms with van der Waals surface area (Å²) >= 11 is 9.55. The number of hydrogen-bond donors (Lipinski definition) is 1. The summed E-state index contributed by atoms with van der Waals surface area (Å²) in [4.78, 5) is 27.2. The normalized spacial score (nSPS) is 14.9. The van der Waals surface area contributed by atoms with Crippen molar-refractivity contribution in [2.45, 2.75) is 6.04 Å². The molecule has 1 atom stereocenters. The SMILES string of the molecule is COC(=O)c1ccc(C2c3c(-c4ccc(Br)cc4)n[nH]c3C(=O)N2c2ccc(Cl)cc2)cc1. The number of benzene rings is 3. The fraction of sp³-hybridized carbons (Fsp3) is 0.0800. The van der Waals surface area contributed by atoms with Crippen LogP contribution in [-0.4, -0.2) is 29.2 Å². The number of hydrogen-bond acceptors (Lipinski definition) is 4. The zero-order chi connectivity index (χ0) is 23.1. The number of nitrogens with zero attached hydrogens (tertiary/aromatic N) is 2. The van der Waals surface area contributed by atoms with E-state index in [1.165, 1.54) is 7.11 Å². The topological polar surface area (TPSA) is 75.3 Å². The van der Waals surface area contributed by atoms with Gasteiger partial charge in [-0.1, -0.05) is 51.8 Å². The lowest BCUT2D eigenvalue weighted by Crippen LogP contribution is -2.29. The minimum Gasteiger partial charge on any atom is -0.465 e. The summed E-state index contributed by atoms with van der Waals surface area (Å²) in [6.45, 7) is 0. The molecule has 1 unspecified atom stereocenters. The molecule has 1 N–H and O–H groups in total. The molecule has 1 aromatic heterocycles. The van der Waals surface area contributed by atoms with Crippen LogP contribution in [0.1, 0.15) is 38.0 Å². The predicted molar refractivity (Wildman–Crippen MR) is 130 cm³/mol. The summed E-state index contributed by atoms with van der Waals surface area (Å²) in [5.41, 5.74) is 4.78. The van der Waals surface area contributed by atoms with Gasteiger partial charge in [0.2, 0.25) is 0 Å². The van der Waals surface area contributed by atoms with Crippen molar-refractivity contribution in [1.82, 2.24) is 10.2 Å². The van der Waals surface area contributed by atoms with Crippen molar-refractivity contribution >= 4 is 45.1 Å². The number of methoxy groups -OCH3 is 1. The molecule has 33 heavy (non-hydrogen) atoms. The zero-order valence-corrected chi connectivity index (χ0v) is 19.7. The monoisotopic (exact) mass is 521 g/mol. The van der Waals surface area contributed by atoms with Gasteiger partial charge in [0, 0.05) is 26.3 Å². The van der Waals surface area contributed by atoms with Gasteiger partial charge in [0.15, 0.2) is 0 Å². The minimum absolute atomic E-state index is 0.190. The molecule has 6 nitrogen and oxygen atoms in total. The number of esters is 1. The molecule has 2 heterocycles. The number of aromatic amines is 1. The van der Waals surface area contributed by atoms with Crippen LogP contribution in [0.25, 0.3) is 11.3 Å². The van der Waals surface area contributed by atoms with Crippen molar-refractivity contribution in [3.63, 3.8) is 0 Å². The second kappa shape index (κ2) is 8.50. The smallest absolute Gasteiger partial charge is 0.337 e. The number of ether oxygens (including phenoxy) is 1. The Labute approximate surface area is 203 Å². The van der Waals surface area contributed by atoms with Gasteiger partial charge in [0.05, 0.1) is 24.4 Å². The first-order valence-corrected chi connectivity index (χ1v) is 11.3. The Hall–Kier alpha value is -3.42. The molecule has 5 rings (SSSR count). The molecule has 1 amide bonds. The van der Waals surface area contributed by atoms with Gasteiger partial charge in [-0.2, -0.15) is 5.10 Å². The highest BCUT2D eigenvalue weighted by Gasteiger charge is 2.43. The number of aromatic nitrogens is 2. The van der Waals surface area contributed by atoms with E-state index in [1.807, 2.05) is 48.5 Å². The maximum absolute atomic E-state index is 13.5. The number of rotatable bonds is 4. The molecular formula is C25H17BrClN3O3. The second-order valence-corrected chi connectivity index (χ2v) is 8.89. The third-order valence-electron chi connectivity index (χ3n) is 5.64. The molecule has 0 bridgehead atoms. The number of amides is 1. The lowest BCUT2D eigenvalue weighted by molar-refractivity contribution is 0.0600. The van der Waals surface area contributed by atoms with Crippen LogP contribution in [0, 0.1) is 0 Å². The van der Waals surface area contributed by atoms with E-state index in [2.05, 4.69) is 26.1 Å². The number of nitrogens with one attached hydrogen (secondary N) is 1. The largest absolute Gasteiger partial charge is 0.465 e. The molecule has 3 aromatic carbocycles. The summed E-state index contributed by atoms with van der Waals surface area (Å²) in [5, 5.41) is 8.01. The average molecular weight is 523 g/mol. The van der Waals surface area contributed by atoms with Gasteiger partial charge in [0.1, 0.15) is 5.69 Å². The van der Waals surface area contributed by atoms with E-state index in [1.54, 1.807) is 29.2 Å². The molecule has 0 fully saturated rings. The van der Waals surface area contributed by atoms with E-state index in [-0.39, 0.29) is 5.91 Å². The third-order valence-corrected chi connectivity index (χ3v) is 6.42. The quantitative estimate of drug-likeness (QED) is 0.332. The van der Waals surface area contributed by atoms with Gasteiger partial charge < -0.3 is 4.74 Å². The second-order valence-electron chi connectivity index (χ2n) is 7.54. The number of carbonyl (C=O) groups is 2. The molecule has 0 aliphatic carbocycles. The highest BCUT2D eigenvalue weighted by atomic mass is 79.9. The first-order valence-electron chi connectivity index (χ1n) is 10.1. The van der Waals surface area contributed by atoms with Crippen LogP contribution >= 0.6 is 27.5 Å². The lowest BCUT2D eigenvalue weighted by Gasteiger charge is -2.26. The van der Waals surface area contributed by atoms with E-state index in [4.69, 9.17) is 16.3 Å². The predicted octanol–water partition coefficient (Wildman–Crippen LogP) is 6.03. The Bertz CT molecular complexity index is 1350. The molecule has 8 heteroatoms. The van der Waals surface area contributed by atoms with Gasteiger partial charge in [-0.25, -0.2) is 4.79 Å². The minimum atomic E-state index is -0.447. The van der Waals surface area contributed by atoms with Crippen LogP contribution in [0.5, 0.6) is 0 Å². The van der Waals surface area contributed by atoms with E-state index < -0.39 is 12.0 Å². The van der Waals surface area contributed by atoms with Crippen molar-refractivity contribution in [2.24, 2.45) is 0 Å². The highest BCUT2D eigenvalue weighted by Crippen LogP contribution is 2.45. The number of fused-ring (bicyclic) bond motifs is 1. The molecular weight excluding hydrogens is 506 g/mol. The van der Waals surface area contributed by atoms with Crippen molar-refractivity contribution in [3.8, 4) is 11.3 Å². The van der Waals surface area contributed by atoms with Gasteiger partial charge in [-0.15, -0.1) is 0 Å². The van der Waals surface area contributed by atoms with Crippen LogP contribution in [0.4, 0.5) is 5.69 Å². The summed E-state index contributed by atoms with van der Waals surface area (Å²) < 4.78 is 5.77. The summed E-state index contributed by atoms with van der Waals surface area (Å²) in [6.07, 6.45) is 0. The van der Waals surface area contributed by atoms with E-state index in [0.29, 0.717) is 27.7 Å². The molecule has 0 spiro atoms. The maximum Gasteiger partial charge on any atom is 0.337 e. The number of halogens is 2. The average Bonchev–Trinajstić information content (AvgIpc) is 3.39. The van der Waals surface area contributed by atoms with Crippen molar-refractivity contribution in [3.05, 3.63) is 105 Å². The Morgan fingerprint density at radius 2 is 1.70 bits per heavy atom. The number of carbonyl (C=O) groups excluding carboxylic acids is 2. The Morgan fingerprint density at radius 3 is 2.33 bits per heavy atom. The zero-order valence-electron chi connectivity index (χ0n) is 17.4. The standard InChI is InChI=1S/C25H17BrClN3O3/c1-33-25(32)16-4-2-15(3-5-16)23-20-21(14-6-8-17(26)9-7-14)28-29-22(20)24(31)30(23)19-12-10-18(27)11-13-19/h2-13,23H,1H3,(H,28,29). The molecule has 164 valence electrons. The van der Waals surface area contributed by atoms with Crippen LogP contribution < -0.4 is 4.90 Å². The fourth-order valence-electron chi connectivity index (χ4n) is 4.08. The van der Waals surface area contributed by atoms with Crippen molar-refractivity contribution < 1.29 is 14.3 Å². The van der Waals surface area contributed by atoms with Crippen molar-refractivity contribution in [1.29, 1.82) is 0 Å². The molecule has 4 aromatic rings. The van der Waals surface area contributed by atoms with E-state index in [0.717, 1.165) is 21.2 Å². The van der Waals surface area contributed by atoms with Crippen molar-refractivity contribution in [2.75, 3.05) is 12.0 Å². The Kier molecular flexibility index (Phi) is 5.52. The van der Waals surface area contributed by atoms with Crippen LogP contribution in [-0.2, 0) is 4.74 Å². The maximum atomic E-state index is 13.5. The summed E-state index contributed by atoms with van der Waals surface area (Å²) in [5.74, 6) is -0.608. The first-order chi connectivity index (χ1) is 16.0. The molecule has 1 aliphatic heterocycles. The van der Waals surface area contributed by atoms with Gasteiger partial charge >= 0.3 is 5.97 Å². The van der Waals surface area contributed by atoms with Gasteiger partial charge in [-0.3, -0.25) is 14.8 Å². The molecule has 0 saturated carbocycles. The van der Waals surface area contributed by atoms with Gasteiger partial charge in [-0.05, 0) is 54.1 Å². The molecule has 1 aliphatic rings. The molecule has 0 radical (unpaired) electrons. The van der Waals surface area contributed by atoms with Crippen LogP contribution in [0.2, 0.25) is 5.02 Å². The van der Waals surface area contributed by atoms with Crippen LogP contribution in [0.3, 0.4) is 0 Å². The Balaban J connectivity index is 1.68. The first kappa shape index (κ1) is 21.4. The summed E-state index contributed by atoms with van der Waals surface area (Å²) in [7, 11) is 1.34. The number of H-pyrrole nitrogens is 1. The number of anilines is 1.